The maximum absolute atomic E-state index is 13.0. The predicted octanol–water partition coefficient (Wildman–Crippen LogP) is 3.67. The van der Waals surface area contributed by atoms with Crippen molar-refractivity contribution in [3.63, 3.8) is 0 Å². The second-order valence-electron chi connectivity index (χ2n) is 8.16. The minimum Gasteiger partial charge on any atom is -0.477 e. The van der Waals surface area contributed by atoms with E-state index in [0.29, 0.717) is 29.2 Å². The Morgan fingerprint density at radius 1 is 0.914 bits per heavy atom. The Morgan fingerprint density at radius 2 is 1.63 bits per heavy atom. The van der Waals surface area contributed by atoms with E-state index in [1.165, 1.54) is 0 Å². The van der Waals surface area contributed by atoms with Crippen molar-refractivity contribution < 1.29 is 19.1 Å². The lowest BCUT2D eigenvalue weighted by atomic mass is 10.1. The fourth-order valence-electron chi connectivity index (χ4n) is 3.83. The molecule has 3 aromatic rings. The smallest absolute Gasteiger partial charge is 0.262 e. The van der Waals surface area contributed by atoms with Gasteiger partial charge in [-0.2, -0.15) is 0 Å². The van der Waals surface area contributed by atoms with E-state index in [9.17, 15) is 14.4 Å². The second-order valence-corrected chi connectivity index (χ2v) is 8.16. The SMILES string of the molecule is CCCNC(=O)C1CN(CC(=O)Nc2ccccc2C(=O)Nc2ccccc2)c2ccccc2O1. The van der Waals surface area contributed by atoms with Gasteiger partial charge < -0.3 is 25.6 Å². The summed E-state index contributed by atoms with van der Waals surface area (Å²) in [4.78, 5) is 40.3. The second kappa shape index (κ2) is 11.2. The first-order chi connectivity index (χ1) is 17.0. The van der Waals surface area contributed by atoms with Gasteiger partial charge in [-0.05, 0) is 42.8 Å². The number of nitrogens with one attached hydrogen (secondary N) is 3. The molecular weight excluding hydrogens is 444 g/mol. The maximum Gasteiger partial charge on any atom is 0.262 e. The van der Waals surface area contributed by atoms with E-state index >= 15 is 0 Å². The fourth-order valence-corrected chi connectivity index (χ4v) is 3.83. The Labute approximate surface area is 204 Å². The van der Waals surface area contributed by atoms with E-state index < -0.39 is 6.10 Å². The topological polar surface area (TPSA) is 99.8 Å². The normalized spacial score (nSPS) is 14.3. The highest BCUT2D eigenvalue weighted by Gasteiger charge is 2.31. The lowest BCUT2D eigenvalue weighted by Crippen LogP contribution is -2.50. The van der Waals surface area contributed by atoms with Crippen LogP contribution >= 0.6 is 0 Å². The molecule has 8 heteroatoms. The first-order valence-electron chi connectivity index (χ1n) is 11.6. The van der Waals surface area contributed by atoms with E-state index in [2.05, 4.69) is 16.0 Å². The highest BCUT2D eigenvalue weighted by molar-refractivity contribution is 6.10. The largest absolute Gasteiger partial charge is 0.477 e. The third kappa shape index (κ3) is 5.97. The number of carbonyl (C=O) groups excluding carboxylic acids is 3. The summed E-state index contributed by atoms with van der Waals surface area (Å²) in [5, 5.41) is 8.54. The van der Waals surface area contributed by atoms with Crippen LogP contribution in [0.2, 0.25) is 0 Å². The summed E-state index contributed by atoms with van der Waals surface area (Å²) in [6.07, 6.45) is 0.0894. The van der Waals surface area contributed by atoms with Crippen molar-refractivity contribution in [2.24, 2.45) is 0 Å². The molecule has 0 spiro atoms. The first-order valence-corrected chi connectivity index (χ1v) is 11.6. The van der Waals surface area contributed by atoms with Crippen LogP contribution < -0.4 is 25.6 Å². The number of ether oxygens (including phenoxy) is 1. The fraction of sp³-hybridized carbons (Fsp3) is 0.222. The molecule has 1 heterocycles. The van der Waals surface area contributed by atoms with Gasteiger partial charge in [-0.1, -0.05) is 49.4 Å². The predicted molar refractivity (Wildman–Crippen MR) is 136 cm³/mol. The molecule has 0 fully saturated rings. The Balaban J connectivity index is 1.47. The van der Waals surface area contributed by atoms with Crippen molar-refractivity contribution in [2.45, 2.75) is 19.4 Å². The lowest BCUT2D eigenvalue weighted by molar-refractivity contribution is -0.128. The molecular formula is C27H28N4O4. The summed E-state index contributed by atoms with van der Waals surface area (Å²) in [6.45, 7) is 2.76. The summed E-state index contributed by atoms with van der Waals surface area (Å²) in [5.74, 6) is -0.300. The molecule has 1 atom stereocenters. The number of fused-ring (bicyclic) bond motifs is 1. The molecule has 0 bridgehead atoms. The van der Waals surface area contributed by atoms with Crippen LogP contribution in [0.5, 0.6) is 5.75 Å². The third-order valence-electron chi connectivity index (χ3n) is 5.51. The van der Waals surface area contributed by atoms with Crippen molar-refractivity contribution in [1.82, 2.24) is 5.32 Å². The lowest BCUT2D eigenvalue weighted by Gasteiger charge is -2.35. The van der Waals surface area contributed by atoms with Crippen LogP contribution in [0.25, 0.3) is 0 Å². The van der Waals surface area contributed by atoms with E-state index in [0.717, 1.165) is 12.1 Å². The number of benzene rings is 3. The maximum atomic E-state index is 13.0. The number of hydrogen-bond donors (Lipinski definition) is 3. The Hall–Kier alpha value is -4.33. The van der Waals surface area contributed by atoms with Crippen LogP contribution in [-0.2, 0) is 9.59 Å². The van der Waals surface area contributed by atoms with Gasteiger partial charge in [0.05, 0.1) is 30.0 Å². The molecule has 1 aliphatic heterocycles. The van der Waals surface area contributed by atoms with Gasteiger partial charge >= 0.3 is 0 Å². The summed E-state index contributed by atoms with van der Waals surface area (Å²) >= 11 is 0. The van der Waals surface area contributed by atoms with Gasteiger partial charge in [-0.25, -0.2) is 0 Å². The zero-order valence-electron chi connectivity index (χ0n) is 19.5. The standard InChI is InChI=1S/C27H28N4O4/c1-2-16-28-27(34)24-17-31(22-14-8-9-15-23(22)35-24)18-25(32)30-21-13-7-6-12-20(21)26(33)29-19-10-4-3-5-11-19/h3-15,24H,2,16-18H2,1H3,(H,28,34)(H,29,33)(H,30,32). The molecule has 3 aromatic carbocycles. The van der Waals surface area contributed by atoms with Crippen LogP contribution in [0.3, 0.4) is 0 Å². The van der Waals surface area contributed by atoms with Crippen LogP contribution in [0.15, 0.2) is 78.9 Å². The zero-order chi connectivity index (χ0) is 24.6. The average molecular weight is 473 g/mol. The third-order valence-corrected chi connectivity index (χ3v) is 5.51. The molecule has 0 aromatic heterocycles. The minimum absolute atomic E-state index is 0.00737. The number of carbonyl (C=O) groups is 3. The van der Waals surface area contributed by atoms with Gasteiger partial charge in [0, 0.05) is 12.2 Å². The molecule has 1 unspecified atom stereocenters. The summed E-state index contributed by atoms with van der Waals surface area (Å²) < 4.78 is 5.89. The van der Waals surface area contributed by atoms with Crippen LogP contribution in [0.4, 0.5) is 17.1 Å². The Kier molecular flexibility index (Phi) is 7.62. The Morgan fingerprint density at radius 3 is 2.43 bits per heavy atom. The van der Waals surface area contributed by atoms with E-state index in [-0.39, 0.29) is 30.8 Å². The number of hydrogen-bond acceptors (Lipinski definition) is 5. The van der Waals surface area contributed by atoms with Crippen LogP contribution in [-0.4, -0.2) is 43.5 Å². The molecule has 1 aliphatic rings. The van der Waals surface area contributed by atoms with Gasteiger partial charge in [0.1, 0.15) is 5.75 Å². The summed E-state index contributed by atoms with van der Waals surface area (Å²) in [6, 6.07) is 23.3. The van der Waals surface area contributed by atoms with Crippen LogP contribution in [0.1, 0.15) is 23.7 Å². The van der Waals surface area contributed by atoms with E-state index in [1.54, 1.807) is 42.5 Å². The zero-order valence-corrected chi connectivity index (χ0v) is 19.5. The minimum atomic E-state index is -0.729. The van der Waals surface area contributed by atoms with Gasteiger partial charge in [0.15, 0.2) is 6.10 Å². The number of para-hydroxylation sites is 4. The van der Waals surface area contributed by atoms with Crippen molar-refractivity contribution in [3.05, 3.63) is 84.4 Å². The van der Waals surface area contributed by atoms with Gasteiger partial charge in [0.25, 0.3) is 11.8 Å². The molecule has 0 aliphatic carbocycles. The van der Waals surface area contributed by atoms with Gasteiger partial charge in [-0.3, -0.25) is 14.4 Å². The Bertz CT molecular complexity index is 1200. The molecule has 0 saturated heterocycles. The number of amides is 3. The van der Waals surface area contributed by atoms with E-state index in [4.69, 9.17) is 4.74 Å². The van der Waals surface area contributed by atoms with Crippen molar-refractivity contribution in [3.8, 4) is 5.75 Å². The molecule has 8 nitrogen and oxygen atoms in total. The molecule has 3 amide bonds. The molecule has 0 radical (unpaired) electrons. The van der Waals surface area contributed by atoms with Gasteiger partial charge in [-0.15, -0.1) is 0 Å². The van der Waals surface area contributed by atoms with Crippen molar-refractivity contribution in [2.75, 3.05) is 35.2 Å². The molecule has 180 valence electrons. The number of anilines is 3. The van der Waals surface area contributed by atoms with Gasteiger partial charge in [0.2, 0.25) is 5.91 Å². The van der Waals surface area contributed by atoms with Crippen LogP contribution in [0, 0.1) is 0 Å². The van der Waals surface area contributed by atoms with E-state index in [1.807, 2.05) is 48.2 Å². The summed E-state index contributed by atoms with van der Waals surface area (Å²) in [7, 11) is 0. The first kappa shape index (κ1) is 23.8. The van der Waals surface area contributed by atoms with Crippen molar-refractivity contribution >= 4 is 34.8 Å². The average Bonchev–Trinajstić information content (AvgIpc) is 2.88. The summed E-state index contributed by atoms with van der Waals surface area (Å²) in [5.41, 5.74) is 2.15. The highest BCUT2D eigenvalue weighted by atomic mass is 16.5. The van der Waals surface area contributed by atoms with Crippen molar-refractivity contribution in [1.29, 1.82) is 0 Å². The monoisotopic (exact) mass is 472 g/mol. The molecule has 4 rings (SSSR count). The number of rotatable bonds is 8. The molecule has 0 saturated carbocycles. The molecule has 35 heavy (non-hydrogen) atoms. The quantitative estimate of drug-likeness (QED) is 0.465. The molecule has 3 N–H and O–H groups in total. The number of nitrogens with zero attached hydrogens (tertiary/aromatic N) is 1. The highest BCUT2D eigenvalue weighted by Crippen LogP contribution is 2.33.